The van der Waals surface area contributed by atoms with Gasteiger partial charge < -0.3 is 4.90 Å². The first-order valence-corrected chi connectivity index (χ1v) is 5.89. The molecule has 1 aliphatic heterocycles. The third-order valence-corrected chi connectivity index (χ3v) is 3.12. The van der Waals surface area contributed by atoms with Gasteiger partial charge in [-0.1, -0.05) is 6.92 Å². The van der Waals surface area contributed by atoms with Gasteiger partial charge in [-0.25, -0.2) is 4.98 Å². The zero-order valence-corrected chi connectivity index (χ0v) is 9.94. The van der Waals surface area contributed by atoms with E-state index >= 15 is 0 Å². The van der Waals surface area contributed by atoms with Crippen molar-refractivity contribution in [1.82, 2.24) is 4.98 Å². The Hall–Kier alpha value is -1.38. The van der Waals surface area contributed by atoms with Crippen molar-refractivity contribution in [2.45, 2.75) is 26.7 Å². The van der Waals surface area contributed by atoms with E-state index in [9.17, 15) is 4.79 Å². The van der Waals surface area contributed by atoms with Crippen molar-refractivity contribution in [3.63, 3.8) is 0 Å². The van der Waals surface area contributed by atoms with E-state index in [0.717, 1.165) is 24.5 Å². The van der Waals surface area contributed by atoms with Gasteiger partial charge in [-0.05, 0) is 37.8 Å². The number of carbonyl (C=O) groups is 1. The predicted molar refractivity (Wildman–Crippen MR) is 64.9 cm³/mol. The number of anilines is 1. The molecule has 1 aromatic heterocycles. The summed E-state index contributed by atoms with van der Waals surface area (Å²) < 4.78 is 0. The highest BCUT2D eigenvalue weighted by molar-refractivity contribution is 5.98. The van der Waals surface area contributed by atoms with Crippen molar-refractivity contribution >= 4 is 11.6 Å². The molecule has 2 rings (SSSR count). The van der Waals surface area contributed by atoms with E-state index in [-0.39, 0.29) is 5.78 Å². The summed E-state index contributed by atoms with van der Waals surface area (Å²) in [4.78, 5) is 18.1. The molecule has 0 radical (unpaired) electrons. The maximum Gasteiger partial charge on any atom is 0.163 e. The van der Waals surface area contributed by atoms with Crippen LogP contribution in [0.25, 0.3) is 0 Å². The summed E-state index contributed by atoms with van der Waals surface area (Å²) in [6.45, 7) is 5.88. The van der Waals surface area contributed by atoms with E-state index in [0.29, 0.717) is 5.92 Å². The number of piperidine rings is 1. The maximum atomic E-state index is 11.5. The molecule has 3 nitrogen and oxygen atoms in total. The van der Waals surface area contributed by atoms with Gasteiger partial charge in [-0.2, -0.15) is 0 Å². The molecule has 1 aromatic rings. The monoisotopic (exact) mass is 218 g/mol. The number of carbonyl (C=O) groups excluding carboxylic acids is 1. The summed E-state index contributed by atoms with van der Waals surface area (Å²) in [5.41, 5.74) is 0.747. The molecule has 0 spiro atoms. The molecule has 1 fully saturated rings. The number of hydrogen-bond donors (Lipinski definition) is 0. The van der Waals surface area contributed by atoms with Crippen LogP contribution in [-0.2, 0) is 0 Å². The van der Waals surface area contributed by atoms with Gasteiger partial charge in [0.2, 0.25) is 0 Å². The Morgan fingerprint density at radius 2 is 2.38 bits per heavy atom. The third-order valence-electron chi connectivity index (χ3n) is 3.12. The summed E-state index contributed by atoms with van der Waals surface area (Å²) in [5.74, 6) is 1.65. The van der Waals surface area contributed by atoms with Gasteiger partial charge in [-0.3, -0.25) is 4.79 Å². The zero-order chi connectivity index (χ0) is 11.5. The minimum atomic E-state index is 0.0985. The molecule has 0 saturated carbocycles. The van der Waals surface area contributed by atoms with Crippen molar-refractivity contribution in [3.8, 4) is 0 Å². The van der Waals surface area contributed by atoms with Crippen molar-refractivity contribution in [2.24, 2.45) is 5.92 Å². The number of ketones is 1. The van der Waals surface area contributed by atoms with Crippen molar-refractivity contribution < 1.29 is 4.79 Å². The predicted octanol–water partition coefficient (Wildman–Crippen LogP) is 2.52. The quantitative estimate of drug-likeness (QED) is 0.715. The van der Waals surface area contributed by atoms with E-state index in [2.05, 4.69) is 16.8 Å². The van der Waals surface area contributed by atoms with Gasteiger partial charge >= 0.3 is 0 Å². The SMILES string of the molecule is CC(=O)c1cccnc1N1CCCC(C)C1. The van der Waals surface area contributed by atoms with E-state index in [1.807, 2.05) is 12.1 Å². The lowest BCUT2D eigenvalue weighted by atomic mass is 9.99. The Morgan fingerprint density at radius 1 is 1.56 bits per heavy atom. The molecular formula is C13H18N2O. The van der Waals surface area contributed by atoms with E-state index in [4.69, 9.17) is 0 Å². The molecule has 16 heavy (non-hydrogen) atoms. The largest absolute Gasteiger partial charge is 0.356 e. The summed E-state index contributed by atoms with van der Waals surface area (Å²) >= 11 is 0. The van der Waals surface area contributed by atoms with E-state index in [1.54, 1.807) is 13.1 Å². The molecule has 0 N–H and O–H groups in total. The Bertz CT molecular complexity index is 389. The molecule has 1 atom stereocenters. The second kappa shape index (κ2) is 4.64. The van der Waals surface area contributed by atoms with Crippen LogP contribution in [0.4, 0.5) is 5.82 Å². The first-order chi connectivity index (χ1) is 7.68. The summed E-state index contributed by atoms with van der Waals surface area (Å²) in [6.07, 6.45) is 4.23. The van der Waals surface area contributed by atoms with Crippen LogP contribution in [-0.4, -0.2) is 23.9 Å². The fraction of sp³-hybridized carbons (Fsp3) is 0.538. The van der Waals surface area contributed by atoms with Crippen molar-refractivity contribution in [1.29, 1.82) is 0 Å². The molecule has 1 saturated heterocycles. The molecule has 0 aromatic carbocycles. The molecule has 1 unspecified atom stereocenters. The smallest absolute Gasteiger partial charge is 0.163 e. The van der Waals surface area contributed by atoms with Crippen LogP contribution in [0.3, 0.4) is 0 Å². The van der Waals surface area contributed by atoms with Crippen LogP contribution in [0, 0.1) is 5.92 Å². The van der Waals surface area contributed by atoms with Crippen LogP contribution in [0.1, 0.15) is 37.0 Å². The van der Waals surface area contributed by atoms with Crippen LogP contribution >= 0.6 is 0 Å². The second-order valence-electron chi connectivity index (χ2n) is 4.62. The number of rotatable bonds is 2. The molecule has 3 heteroatoms. The lowest BCUT2D eigenvalue weighted by Gasteiger charge is -2.32. The molecule has 0 bridgehead atoms. The van der Waals surface area contributed by atoms with E-state index < -0.39 is 0 Å². The summed E-state index contributed by atoms with van der Waals surface area (Å²) in [5, 5.41) is 0. The fourth-order valence-corrected chi connectivity index (χ4v) is 2.31. The van der Waals surface area contributed by atoms with Crippen LogP contribution in [0.15, 0.2) is 18.3 Å². The Balaban J connectivity index is 2.28. The van der Waals surface area contributed by atoms with Gasteiger partial charge in [0.25, 0.3) is 0 Å². The lowest BCUT2D eigenvalue weighted by Crippen LogP contribution is -2.35. The molecule has 86 valence electrons. The first-order valence-electron chi connectivity index (χ1n) is 5.89. The molecule has 1 aliphatic rings. The molecule has 0 amide bonds. The highest BCUT2D eigenvalue weighted by Gasteiger charge is 2.20. The third kappa shape index (κ3) is 2.23. The number of nitrogens with zero attached hydrogens (tertiary/aromatic N) is 2. The van der Waals surface area contributed by atoms with Gasteiger partial charge in [0.05, 0.1) is 5.56 Å². The molecule has 2 heterocycles. The first kappa shape index (κ1) is 11.1. The highest BCUT2D eigenvalue weighted by atomic mass is 16.1. The van der Waals surface area contributed by atoms with Crippen LogP contribution < -0.4 is 4.90 Å². The van der Waals surface area contributed by atoms with E-state index in [1.165, 1.54) is 12.8 Å². The second-order valence-corrected chi connectivity index (χ2v) is 4.62. The Morgan fingerprint density at radius 3 is 3.06 bits per heavy atom. The Kier molecular flexibility index (Phi) is 3.22. The average molecular weight is 218 g/mol. The van der Waals surface area contributed by atoms with Gasteiger partial charge in [0, 0.05) is 19.3 Å². The maximum absolute atomic E-state index is 11.5. The molecule has 0 aliphatic carbocycles. The minimum absolute atomic E-state index is 0.0985. The van der Waals surface area contributed by atoms with Gasteiger partial charge in [0.1, 0.15) is 5.82 Å². The minimum Gasteiger partial charge on any atom is -0.356 e. The molecular weight excluding hydrogens is 200 g/mol. The zero-order valence-electron chi connectivity index (χ0n) is 9.94. The number of Topliss-reactive ketones (excluding diaryl/α,β-unsaturated/α-hetero) is 1. The topological polar surface area (TPSA) is 33.2 Å². The van der Waals surface area contributed by atoms with Gasteiger partial charge in [0.15, 0.2) is 5.78 Å². The van der Waals surface area contributed by atoms with Crippen LogP contribution in [0.5, 0.6) is 0 Å². The lowest BCUT2D eigenvalue weighted by molar-refractivity contribution is 0.101. The Labute approximate surface area is 96.5 Å². The highest BCUT2D eigenvalue weighted by Crippen LogP contribution is 2.24. The van der Waals surface area contributed by atoms with Crippen LogP contribution in [0.2, 0.25) is 0 Å². The normalized spacial score (nSPS) is 20.9. The summed E-state index contributed by atoms with van der Waals surface area (Å²) in [7, 11) is 0. The van der Waals surface area contributed by atoms with Crippen molar-refractivity contribution in [2.75, 3.05) is 18.0 Å². The average Bonchev–Trinajstić information content (AvgIpc) is 2.29. The fourth-order valence-electron chi connectivity index (χ4n) is 2.31. The van der Waals surface area contributed by atoms with Crippen molar-refractivity contribution in [3.05, 3.63) is 23.9 Å². The summed E-state index contributed by atoms with van der Waals surface area (Å²) in [6, 6.07) is 3.69. The standard InChI is InChI=1S/C13H18N2O/c1-10-5-4-8-15(9-10)13-12(11(2)16)6-3-7-14-13/h3,6-7,10H,4-5,8-9H2,1-2H3. The number of pyridine rings is 1. The number of aromatic nitrogens is 1. The van der Waals surface area contributed by atoms with Gasteiger partial charge in [-0.15, -0.1) is 0 Å². The number of hydrogen-bond acceptors (Lipinski definition) is 3.